The van der Waals surface area contributed by atoms with E-state index in [1.165, 1.54) is 0 Å². The SMILES string of the molecule is FC(F)(F)c1cc(Br)cc(NCc2cccc(Br)c2)c1. The van der Waals surface area contributed by atoms with E-state index in [1.807, 2.05) is 24.3 Å². The monoisotopic (exact) mass is 407 g/mol. The van der Waals surface area contributed by atoms with Gasteiger partial charge in [0.15, 0.2) is 0 Å². The third kappa shape index (κ3) is 4.24. The fourth-order valence-electron chi connectivity index (χ4n) is 1.71. The van der Waals surface area contributed by atoms with Gasteiger partial charge in [-0.15, -0.1) is 0 Å². The van der Waals surface area contributed by atoms with E-state index in [1.54, 1.807) is 6.07 Å². The lowest BCUT2D eigenvalue weighted by atomic mass is 10.2. The average molecular weight is 409 g/mol. The van der Waals surface area contributed by atoms with E-state index in [0.717, 1.165) is 22.2 Å². The molecule has 0 heterocycles. The Labute approximate surface area is 131 Å². The van der Waals surface area contributed by atoms with Crippen LogP contribution in [-0.2, 0) is 12.7 Å². The third-order valence-corrected chi connectivity index (χ3v) is 3.56. The smallest absolute Gasteiger partial charge is 0.381 e. The second-order valence-electron chi connectivity index (χ2n) is 4.21. The van der Waals surface area contributed by atoms with Crippen molar-refractivity contribution in [1.82, 2.24) is 0 Å². The number of nitrogens with one attached hydrogen (secondary N) is 1. The number of anilines is 1. The van der Waals surface area contributed by atoms with Crippen LogP contribution in [0.5, 0.6) is 0 Å². The van der Waals surface area contributed by atoms with Gasteiger partial charge in [0.2, 0.25) is 0 Å². The van der Waals surface area contributed by atoms with Gasteiger partial charge in [0, 0.05) is 21.2 Å². The quantitative estimate of drug-likeness (QED) is 0.672. The second-order valence-corrected chi connectivity index (χ2v) is 6.04. The summed E-state index contributed by atoms with van der Waals surface area (Å²) < 4.78 is 39.5. The maximum absolute atomic E-state index is 12.7. The van der Waals surface area contributed by atoms with E-state index in [0.29, 0.717) is 16.7 Å². The van der Waals surface area contributed by atoms with E-state index in [2.05, 4.69) is 37.2 Å². The van der Waals surface area contributed by atoms with Gasteiger partial charge in [-0.05, 0) is 35.9 Å². The predicted octanol–water partition coefficient (Wildman–Crippen LogP) is 5.84. The van der Waals surface area contributed by atoms with Gasteiger partial charge in [0.1, 0.15) is 0 Å². The molecule has 0 spiro atoms. The van der Waals surface area contributed by atoms with Gasteiger partial charge in [-0.3, -0.25) is 0 Å². The Kier molecular flexibility index (Phi) is 4.75. The minimum atomic E-state index is -4.35. The molecule has 2 aromatic rings. The van der Waals surface area contributed by atoms with Crippen LogP contribution in [0.15, 0.2) is 51.4 Å². The molecule has 2 aromatic carbocycles. The van der Waals surface area contributed by atoms with E-state index in [4.69, 9.17) is 0 Å². The number of alkyl halides is 3. The Balaban J connectivity index is 2.16. The number of benzene rings is 2. The first-order chi connectivity index (χ1) is 9.34. The lowest BCUT2D eigenvalue weighted by Gasteiger charge is -2.12. The highest BCUT2D eigenvalue weighted by atomic mass is 79.9. The van der Waals surface area contributed by atoms with Crippen LogP contribution in [0.2, 0.25) is 0 Å². The molecule has 0 aliphatic rings. The van der Waals surface area contributed by atoms with E-state index in [9.17, 15) is 13.2 Å². The summed E-state index contributed by atoms with van der Waals surface area (Å²) in [5.74, 6) is 0. The zero-order valence-corrected chi connectivity index (χ0v) is 13.3. The molecule has 0 bridgehead atoms. The molecule has 0 aliphatic heterocycles. The summed E-state index contributed by atoms with van der Waals surface area (Å²) >= 11 is 6.45. The fraction of sp³-hybridized carbons (Fsp3) is 0.143. The third-order valence-electron chi connectivity index (χ3n) is 2.61. The maximum atomic E-state index is 12.7. The standard InChI is InChI=1S/C14H10Br2F3N/c15-11-3-1-2-9(4-11)8-20-13-6-10(14(17,18)19)5-12(16)7-13/h1-7,20H,8H2. The summed E-state index contributed by atoms with van der Waals surface area (Å²) in [5, 5.41) is 2.99. The zero-order valence-electron chi connectivity index (χ0n) is 10.1. The number of halogens is 5. The summed E-state index contributed by atoms with van der Waals surface area (Å²) in [5.41, 5.74) is 0.725. The van der Waals surface area contributed by atoms with Crippen molar-refractivity contribution in [2.45, 2.75) is 12.7 Å². The molecule has 0 amide bonds. The van der Waals surface area contributed by atoms with Crippen LogP contribution >= 0.6 is 31.9 Å². The second kappa shape index (κ2) is 6.18. The minimum absolute atomic E-state index is 0.393. The summed E-state index contributed by atoms with van der Waals surface area (Å²) in [4.78, 5) is 0. The molecule has 6 heteroatoms. The number of rotatable bonds is 3. The minimum Gasteiger partial charge on any atom is -0.381 e. The van der Waals surface area contributed by atoms with Crippen molar-refractivity contribution in [3.8, 4) is 0 Å². The topological polar surface area (TPSA) is 12.0 Å². The van der Waals surface area contributed by atoms with Crippen molar-refractivity contribution in [3.05, 3.63) is 62.5 Å². The molecule has 1 nitrogen and oxygen atoms in total. The van der Waals surface area contributed by atoms with Gasteiger partial charge in [0.25, 0.3) is 0 Å². The molecule has 0 saturated heterocycles. The Morgan fingerprint density at radius 1 is 0.950 bits per heavy atom. The molecule has 0 aromatic heterocycles. The van der Waals surface area contributed by atoms with Gasteiger partial charge in [-0.25, -0.2) is 0 Å². The molecular formula is C14H10Br2F3N. The molecule has 106 valence electrons. The van der Waals surface area contributed by atoms with Crippen molar-refractivity contribution >= 4 is 37.5 Å². The van der Waals surface area contributed by atoms with Gasteiger partial charge < -0.3 is 5.32 Å². The molecule has 2 rings (SSSR count). The maximum Gasteiger partial charge on any atom is 0.416 e. The van der Waals surface area contributed by atoms with E-state index < -0.39 is 11.7 Å². The van der Waals surface area contributed by atoms with Crippen molar-refractivity contribution < 1.29 is 13.2 Å². The summed E-state index contributed by atoms with van der Waals surface area (Å²) in [6.07, 6.45) is -4.35. The highest BCUT2D eigenvalue weighted by Gasteiger charge is 2.31. The van der Waals surface area contributed by atoms with Crippen LogP contribution in [0.1, 0.15) is 11.1 Å². The molecular weight excluding hydrogens is 399 g/mol. The predicted molar refractivity (Wildman–Crippen MR) is 80.6 cm³/mol. The molecule has 0 unspecified atom stereocenters. The fourth-order valence-corrected chi connectivity index (χ4v) is 2.65. The van der Waals surface area contributed by atoms with Crippen LogP contribution in [-0.4, -0.2) is 0 Å². The Morgan fingerprint density at radius 3 is 2.35 bits per heavy atom. The normalized spacial score (nSPS) is 11.4. The summed E-state index contributed by atoms with van der Waals surface area (Å²) in [7, 11) is 0. The largest absolute Gasteiger partial charge is 0.416 e. The Morgan fingerprint density at radius 2 is 1.70 bits per heavy atom. The van der Waals surface area contributed by atoms with Crippen LogP contribution in [0.3, 0.4) is 0 Å². The van der Waals surface area contributed by atoms with E-state index >= 15 is 0 Å². The molecule has 0 fully saturated rings. The first-order valence-corrected chi connectivity index (χ1v) is 7.29. The van der Waals surface area contributed by atoms with Crippen LogP contribution in [0.4, 0.5) is 18.9 Å². The van der Waals surface area contributed by atoms with Gasteiger partial charge in [-0.1, -0.05) is 44.0 Å². The highest BCUT2D eigenvalue weighted by molar-refractivity contribution is 9.10. The Hall–Kier alpha value is -1.01. The molecule has 20 heavy (non-hydrogen) atoms. The summed E-state index contributed by atoms with van der Waals surface area (Å²) in [6.45, 7) is 0.452. The van der Waals surface area contributed by atoms with Crippen molar-refractivity contribution in [3.63, 3.8) is 0 Å². The molecule has 1 N–H and O–H groups in total. The lowest BCUT2D eigenvalue weighted by Crippen LogP contribution is -2.07. The molecule has 0 atom stereocenters. The van der Waals surface area contributed by atoms with Crippen molar-refractivity contribution in [2.75, 3.05) is 5.32 Å². The van der Waals surface area contributed by atoms with Crippen LogP contribution in [0, 0.1) is 0 Å². The lowest BCUT2D eigenvalue weighted by molar-refractivity contribution is -0.137. The van der Waals surface area contributed by atoms with Crippen LogP contribution < -0.4 is 5.32 Å². The van der Waals surface area contributed by atoms with Crippen molar-refractivity contribution in [1.29, 1.82) is 0 Å². The summed E-state index contributed by atoms with van der Waals surface area (Å²) in [6, 6.07) is 11.4. The van der Waals surface area contributed by atoms with Crippen molar-refractivity contribution in [2.24, 2.45) is 0 Å². The zero-order chi connectivity index (χ0) is 14.8. The van der Waals surface area contributed by atoms with Gasteiger partial charge in [-0.2, -0.15) is 13.2 Å². The van der Waals surface area contributed by atoms with Gasteiger partial charge in [0.05, 0.1) is 5.56 Å². The number of hydrogen-bond donors (Lipinski definition) is 1. The average Bonchev–Trinajstić information content (AvgIpc) is 2.35. The Bertz CT molecular complexity index is 612. The first-order valence-electron chi connectivity index (χ1n) is 5.71. The molecule has 0 radical (unpaired) electrons. The highest BCUT2D eigenvalue weighted by Crippen LogP contribution is 2.33. The molecule has 0 aliphatic carbocycles. The van der Waals surface area contributed by atoms with Crippen LogP contribution in [0.25, 0.3) is 0 Å². The number of hydrogen-bond acceptors (Lipinski definition) is 1. The van der Waals surface area contributed by atoms with Gasteiger partial charge >= 0.3 is 6.18 Å². The first kappa shape index (κ1) is 15.4. The molecule has 0 saturated carbocycles. The van der Waals surface area contributed by atoms with E-state index in [-0.39, 0.29) is 0 Å².